The molecule has 4 heterocycles. The monoisotopic (exact) mass is 316 g/mol. The summed E-state index contributed by atoms with van der Waals surface area (Å²) in [5.41, 5.74) is -0.00500. The third-order valence-electron chi connectivity index (χ3n) is 4.36. The molecule has 0 aromatic carbocycles. The van der Waals surface area contributed by atoms with E-state index in [1.165, 1.54) is 4.88 Å². The molecule has 2 aliphatic rings. The Kier molecular flexibility index (Phi) is 3.86. The normalized spacial score (nSPS) is 24.1. The summed E-state index contributed by atoms with van der Waals surface area (Å²) >= 11 is 1.82. The van der Waals surface area contributed by atoms with Gasteiger partial charge >= 0.3 is 0 Å². The van der Waals surface area contributed by atoms with Crippen molar-refractivity contribution in [3.63, 3.8) is 0 Å². The molecule has 2 saturated heterocycles. The highest BCUT2D eigenvalue weighted by molar-refractivity contribution is 7.09. The molecule has 0 aliphatic carbocycles. The van der Waals surface area contributed by atoms with Gasteiger partial charge < -0.3 is 9.47 Å². The van der Waals surface area contributed by atoms with Crippen LogP contribution in [0.5, 0.6) is 5.88 Å². The molecule has 2 aromatic rings. The van der Waals surface area contributed by atoms with Crippen LogP contribution in [0.1, 0.15) is 17.7 Å². The highest BCUT2D eigenvalue weighted by atomic mass is 32.1. The van der Waals surface area contributed by atoms with Crippen LogP contribution in [-0.4, -0.2) is 41.3 Å². The minimum absolute atomic E-state index is 0.00500. The van der Waals surface area contributed by atoms with Gasteiger partial charge in [-0.05, 0) is 17.5 Å². The molecule has 0 bridgehead atoms. The molecule has 0 N–H and O–H groups in total. The van der Waals surface area contributed by atoms with Crippen molar-refractivity contribution in [1.82, 2.24) is 9.88 Å². The van der Waals surface area contributed by atoms with E-state index in [9.17, 15) is 0 Å². The molecule has 2 fully saturated rings. The van der Waals surface area contributed by atoms with Gasteiger partial charge in [-0.3, -0.25) is 4.90 Å². The summed E-state index contributed by atoms with van der Waals surface area (Å²) in [5, 5.41) is 2.14. The second kappa shape index (κ2) is 5.99. The predicted octanol–water partition coefficient (Wildman–Crippen LogP) is 2.96. The number of ether oxygens (including phenoxy) is 2. The van der Waals surface area contributed by atoms with Crippen molar-refractivity contribution < 1.29 is 9.47 Å². The number of hydrogen-bond donors (Lipinski definition) is 0. The number of nitrogens with zero attached hydrogens (tertiary/aromatic N) is 2. The summed E-state index contributed by atoms with van der Waals surface area (Å²) in [4.78, 5) is 8.13. The molecule has 4 nitrogen and oxygen atoms in total. The van der Waals surface area contributed by atoms with Crippen LogP contribution in [0.3, 0.4) is 0 Å². The van der Waals surface area contributed by atoms with Crippen LogP contribution in [-0.2, 0) is 11.3 Å². The van der Waals surface area contributed by atoms with Crippen LogP contribution in [0.25, 0.3) is 0 Å². The zero-order valence-electron chi connectivity index (χ0n) is 12.5. The minimum atomic E-state index is -0.00500. The van der Waals surface area contributed by atoms with E-state index in [1.807, 2.05) is 29.5 Å². The molecule has 2 aromatic heterocycles. The Morgan fingerprint density at radius 1 is 1.32 bits per heavy atom. The molecule has 0 amide bonds. The first-order valence-corrected chi connectivity index (χ1v) is 8.66. The lowest BCUT2D eigenvalue weighted by atomic mass is 9.84. The summed E-state index contributed by atoms with van der Waals surface area (Å²) in [6.07, 6.45) is 3.90. The van der Waals surface area contributed by atoms with Gasteiger partial charge in [0, 0.05) is 49.6 Å². The second-order valence-electron chi connectivity index (χ2n) is 6.16. The van der Waals surface area contributed by atoms with Crippen LogP contribution in [0.15, 0.2) is 41.9 Å². The Bertz CT molecular complexity index is 596. The Balaban J connectivity index is 1.32. The van der Waals surface area contributed by atoms with Crippen molar-refractivity contribution in [2.75, 3.05) is 19.7 Å². The first-order chi connectivity index (χ1) is 10.8. The van der Waals surface area contributed by atoms with Gasteiger partial charge in [0.2, 0.25) is 5.88 Å². The van der Waals surface area contributed by atoms with E-state index in [0.717, 1.165) is 45.0 Å². The number of hydrogen-bond acceptors (Lipinski definition) is 5. The molecule has 5 heteroatoms. The van der Waals surface area contributed by atoms with Crippen molar-refractivity contribution in [3.8, 4) is 5.88 Å². The van der Waals surface area contributed by atoms with Crippen molar-refractivity contribution in [2.45, 2.75) is 31.1 Å². The molecule has 1 atom stereocenters. The number of likely N-dealkylation sites (tertiary alicyclic amines) is 1. The van der Waals surface area contributed by atoms with E-state index < -0.39 is 0 Å². The highest BCUT2D eigenvalue weighted by Crippen LogP contribution is 2.36. The maximum absolute atomic E-state index is 6.08. The van der Waals surface area contributed by atoms with Crippen molar-refractivity contribution in [3.05, 3.63) is 46.8 Å². The second-order valence-corrected chi connectivity index (χ2v) is 7.19. The largest absolute Gasteiger partial charge is 0.474 e. The molecular formula is C17H20N2O2S. The molecule has 22 heavy (non-hydrogen) atoms. The fraction of sp³-hybridized carbons (Fsp3) is 0.471. The summed E-state index contributed by atoms with van der Waals surface area (Å²) < 4.78 is 12.1. The van der Waals surface area contributed by atoms with Crippen LogP contribution in [0, 0.1) is 0 Å². The lowest BCUT2D eigenvalue weighted by Crippen LogP contribution is -2.65. The van der Waals surface area contributed by atoms with E-state index in [-0.39, 0.29) is 11.7 Å². The first kappa shape index (κ1) is 14.2. The topological polar surface area (TPSA) is 34.6 Å². The standard InChI is InChI=1S/C17H20N2O2S/c1-2-7-18-16(5-1)21-14-6-8-20-17(10-14)12-19(13-17)11-15-4-3-9-22-15/h1-5,7,9,14H,6,8,10-13H2/t14-/m1/s1. The molecule has 4 rings (SSSR count). The molecule has 116 valence electrons. The van der Waals surface area contributed by atoms with Gasteiger partial charge in [0.15, 0.2) is 0 Å². The van der Waals surface area contributed by atoms with E-state index in [4.69, 9.17) is 9.47 Å². The average Bonchev–Trinajstić information content (AvgIpc) is 3.00. The SMILES string of the molecule is c1ccc(O[C@@H]2CCOC3(C2)CN(Cc2cccs2)C3)nc1. The lowest BCUT2D eigenvalue weighted by molar-refractivity contribution is -0.188. The lowest BCUT2D eigenvalue weighted by Gasteiger charge is -2.53. The smallest absolute Gasteiger partial charge is 0.213 e. The van der Waals surface area contributed by atoms with Gasteiger partial charge in [0.05, 0.1) is 12.2 Å². The maximum atomic E-state index is 6.08. The van der Waals surface area contributed by atoms with Gasteiger partial charge in [-0.25, -0.2) is 4.98 Å². The first-order valence-electron chi connectivity index (χ1n) is 7.78. The molecule has 0 unspecified atom stereocenters. The quantitative estimate of drug-likeness (QED) is 0.868. The molecule has 2 aliphatic heterocycles. The van der Waals surface area contributed by atoms with Gasteiger partial charge in [-0.1, -0.05) is 12.1 Å². The Labute approximate surface area is 134 Å². The third kappa shape index (κ3) is 3.02. The average molecular weight is 316 g/mol. The van der Waals surface area contributed by atoms with E-state index in [1.54, 1.807) is 6.20 Å². The Morgan fingerprint density at radius 2 is 2.27 bits per heavy atom. The fourth-order valence-corrected chi connectivity index (χ4v) is 4.14. The Morgan fingerprint density at radius 3 is 3.05 bits per heavy atom. The van der Waals surface area contributed by atoms with Gasteiger partial charge in [-0.15, -0.1) is 11.3 Å². The van der Waals surface area contributed by atoms with E-state index >= 15 is 0 Å². The van der Waals surface area contributed by atoms with Crippen LogP contribution < -0.4 is 4.74 Å². The van der Waals surface area contributed by atoms with Gasteiger partial charge in [0.25, 0.3) is 0 Å². The summed E-state index contributed by atoms with van der Waals surface area (Å²) in [6, 6.07) is 10.1. The van der Waals surface area contributed by atoms with Gasteiger partial charge in [0.1, 0.15) is 6.10 Å². The zero-order valence-corrected chi connectivity index (χ0v) is 13.3. The molecule has 0 saturated carbocycles. The van der Waals surface area contributed by atoms with E-state index in [0.29, 0.717) is 0 Å². The molecule has 1 spiro atoms. The van der Waals surface area contributed by atoms with Crippen molar-refractivity contribution in [2.24, 2.45) is 0 Å². The minimum Gasteiger partial charge on any atom is -0.474 e. The number of rotatable bonds is 4. The summed E-state index contributed by atoms with van der Waals surface area (Å²) in [6.45, 7) is 3.83. The van der Waals surface area contributed by atoms with E-state index in [2.05, 4.69) is 27.4 Å². The number of pyridine rings is 1. The number of thiophene rings is 1. The predicted molar refractivity (Wildman–Crippen MR) is 86.2 cm³/mol. The maximum Gasteiger partial charge on any atom is 0.213 e. The summed E-state index contributed by atoms with van der Waals surface area (Å²) in [5.74, 6) is 0.722. The third-order valence-corrected chi connectivity index (χ3v) is 5.22. The Hall–Kier alpha value is -1.43. The molecule has 0 radical (unpaired) electrons. The van der Waals surface area contributed by atoms with Crippen molar-refractivity contribution >= 4 is 11.3 Å². The van der Waals surface area contributed by atoms with Gasteiger partial charge in [-0.2, -0.15) is 0 Å². The molecular weight excluding hydrogens is 296 g/mol. The highest BCUT2D eigenvalue weighted by Gasteiger charge is 2.48. The number of aromatic nitrogens is 1. The van der Waals surface area contributed by atoms with Crippen molar-refractivity contribution in [1.29, 1.82) is 0 Å². The fourth-order valence-electron chi connectivity index (χ4n) is 3.39. The van der Waals surface area contributed by atoms with Crippen LogP contribution in [0.4, 0.5) is 0 Å². The van der Waals surface area contributed by atoms with Crippen LogP contribution in [0.2, 0.25) is 0 Å². The zero-order chi connectivity index (χ0) is 14.8. The van der Waals surface area contributed by atoms with Crippen LogP contribution >= 0.6 is 11.3 Å². The summed E-state index contributed by atoms with van der Waals surface area (Å²) in [7, 11) is 0.